The van der Waals surface area contributed by atoms with E-state index in [4.69, 9.17) is 5.11 Å². The van der Waals surface area contributed by atoms with Crippen molar-refractivity contribution < 1.29 is 9.90 Å². The van der Waals surface area contributed by atoms with Gasteiger partial charge in [-0.25, -0.2) is 0 Å². The van der Waals surface area contributed by atoms with Gasteiger partial charge in [-0.1, -0.05) is 19.1 Å². The van der Waals surface area contributed by atoms with E-state index in [9.17, 15) is 4.79 Å². The molecule has 0 aliphatic carbocycles. The molecule has 1 amide bonds. The molecule has 0 heterocycles. The topological polar surface area (TPSA) is 49.3 Å². The summed E-state index contributed by atoms with van der Waals surface area (Å²) in [6, 6.07) is 8.04. The minimum atomic E-state index is -0.348. The van der Waals surface area contributed by atoms with Crippen LogP contribution in [0.4, 0.5) is 0 Å². The van der Waals surface area contributed by atoms with Gasteiger partial charge in [0.05, 0.1) is 0 Å². The monoisotopic (exact) mass is 293 g/mol. The normalized spacial score (nSPS) is 14.2. The van der Waals surface area contributed by atoms with E-state index >= 15 is 0 Å². The van der Waals surface area contributed by atoms with Crippen LogP contribution in [0.3, 0.4) is 0 Å². The van der Waals surface area contributed by atoms with Crippen molar-refractivity contribution in [3.8, 4) is 0 Å². The van der Waals surface area contributed by atoms with E-state index in [0.29, 0.717) is 6.42 Å². The van der Waals surface area contributed by atoms with Crippen LogP contribution in [0.5, 0.6) is 0 Å². The van der Waals surface area contributed by atoms with Crippen LogP contribution in [-0.4, -0.2) is 29.4 Å². The Labute approximate surface area is 125 Å². The number of aliphatic hydroxyl groups excluding tert-OH is 1. The number of carbonyl (C=O) groups is 1. The van der Waals surface area contributed by atoms with E-state index in [-0.39, 0.29) is 18.1 Å². The Morgan fingerprint density at radius 1 is 1.40 bits per heavy atom. The number of nitrogens with one attached hydrogen (secondary N) is 1. The SMILES string of the molecule is CCC(C)(CCO)NC(=O)/C=C/c1ccc(SC)cc1. The van der Waals surface area contributed by atoms with Gasteiger partial charge < -0.3 is 10.4 Å². The largest absolute Gasteiger partial charge is 0.396 e. The van der Waals surface area contributed by atoms with Crippen molar-refractivity contribution in [1.29, 1.82) is 0 Å². The molecule has 2 N–H and O–H groups in total. The smallest absolute Gasteiger partial charge is 0.244 e. The van der Waals surface area contributed by atoms with Crippen LogP contribution in [-0.2, 0) is 4.79 Å². The Morgan fingerprint density at radius 2 is 2.05 bits per heavy atom. The van der Waals surface area contributed by atoms with E-state index in [1.807, 2.05) is 44.4 Å². The second kappa shape index (κ2) is 8.12. The fourth-order valence-corrected chi connectivity index (χ4v) is 2.21. The number of hydrogen-bond acceptors (Lipinski definition) is 3. The van der Waals surface area contributed by atoms with Crippen LogP contribution in [0, 0.1) is 0 Å². The molecule has 0 aliphatic heterocycles. The molecule has 1 rings (SSSR count). The summed E-state index contributed by atoms with van der Waals surface area (Å²) in [4.78, 5) is 13.1. The van der Waals surface area contributed by atoms with Crippen LogP contribution in [0.1, 0.15) is 32.3 Å². The first-order chi connectivity index (χ1) is 9.53. The quantitative estimate of drug-likeness (QED) is 0.600. The highest BCUT2D eigenvalue weighted by Gasteiger charge is 2.22. The Hall–Kier alpha value is -1.26. The summed E-state index contributed by atoms with van der Waals surface area (Å²) < 4.78 is 0. The molecule has 0 aromatic heterocycles. The first kappa shape index (κ1) is 16.8. The lowest BCUT2D eigenvalue weighted by Crippen LogP contribution is -2.45. The van der Waals surface area contributed by atoms with Gasteiger partial charge in [-0.15, -0.1) is 11.8 Å². The number of amides is 1. The highest BCUT2D eigenvalue weighted by molar-refractivity contribution is 7.98. The molecule has 0 aliphatic rings. The molecule has 1 unspecified atom stereocenters. The van der Waals surface area contributed by atoms with Gasteiger partial charge in [-0.3, -0.25) is 4.79 Å². The summed E-state index contributed by atoms with van der Waals surface area (Å²) in [5, 5.41) is 12.0. The molecule has 3 nitrogen and oxygen atoms in total. The van der Waals surface area contributed by atoms with Gasteiger partial charge in [0.25, 0.3) is 0 Å². The molecule has 4 heteroatoms. The van der Waals surface area contributed by atoms with E-state index < -0.39 is 0 Å². The van der Waals surface area contributed by atoms with Crippen molar-refractivity contribution in [1.82, 2.24) is 5.32 Å². The number of aliphatic hydroxyl groups is 1. The molecule has 1 aromatic rings. The molecule has 20 heavy (non-hydrogen) atoms. The summed E-state index contributed by atoms with van der Waals surface area (Å²) in [5.74, 6) is -0.128. The first-order valence-corrected chi connectivity index (χ1v) is 8.00. The molecule has 0 bridgehead atoms. The zero-order chi connectivity index (χ0) is 15.0. The van der Waals surface area contributed by atoms with Crippen molar-refractivity contribution in [2.45, 2.75) is 37.1 Å². The zero-order valence-corrected chi connectivity index (χ0v) is 13.2. The fraction of sp³-hybridized carbons (Fsp3) is 0.438. The maximum Gasteiger partial charge on any atom is 0.244 e. The third kappa shape index (κ3) is 5.39. The van der Waals surface area contributed by atoms with Gasteiger partial charge in [0, 0.05) is 23.1 Å². The van der Waals surface area contributed by atoms with Crippen molar-refractivity contribution in [3.63, 3.8) is 0 Å². The third-order valence-corrected chi connectivity index (χ3v) is 4.16. The van der Waals surface area contributed by atoms with Crippen LogP contribution in [0.15, 0.2) is 35.2 Å². The number of rotatable bonds is 7. The average molecular weight is 293 g/mol. The molecule has 0 spiro atoms. The summed E-state index contributed by atoms with van der Waals surface area (Å²) in [5.41, 5.74) is 0.650. The Morgan fingerprint density at radius 3 is 2.55 bits per heavy atom. The average Bonchev–Trinajstić information content (AvgIpc) is 2.46. The molecule has 1 aromatic carbocycles. The van der Waals surface area contributed by atoms with Gasteiger partial charge in [0.1, 0.15) is 0 Å². The van der Waals surface area contributed by atoms with E-state index in [2.05, 4.69) is 5.32 Å². The predicted octanol–water partition coefficient (Wildman–Crippen LogP) is 3.09. The lowest BCUT2D eigenvalue weighted by molar-refractivity contribution is -0.118. The van der Waals surface area contributed by atoms with Crippen LogP contribution >= 0.6 is 11.8 Å². The van der Waals surface area contributed by atoms with Crippen molar-refractivity contribution >= 4 is 23.7 Å². The summed E-state index contributed by atoms with van der Waals surface area (Å²) >= 11 is 1.69. The van der Waals surface area contributed by atoms with Crippen LogP contribution in [0.25, 0.3) is 6.08 Å². The van der Waals surface area contributed by atoms with Crippen LogP contribution < -0.4 is 5.32 Å². The molecule has 1 atom stereocenters. The van der Waals surface area contributed by atoms with Gasteiger partial charge in [0.2, 0.25) is 5.91 Å². The first-order valence-electron chi connectivity index (χ1n) is 6.78. The van der Waals surface area contributed by atoms with Gasteiger partial charge in [-0.05, 0) is 49.8 Å². The zero-order valence-electron chi connectivity index (χ0n) is 12.3. The molecule has 0 saturated heterocycles. The molecular weight excluding hydrogens is 270 g/mol. The van der Waals surface area contributed by atoms with Crippen LogP contribution in [0.2, 0.25) is 0 Å². The number of hydrogen-bond donors (Lipinski definition) is 2. The van der Waals surface area contributed by atoms with Gasteiger partial charge in [0.15, 0.2) is 0 Å². The highest BCUT2D eigenvalue weighted by atomic mass is 32.2. The number of carbonyl (C=O) groups excluding carboxylic acids is 1. The third-order valence-electron chi connectivity index (χ3n) is 3.41. The summed E-state index contributed by atoms with van der Waals surface area (Å²) in [6.45, 7) is 4.02. The second-order valence-electron chi connectivity index (χ2n) is 4.98. The van der Waals surface area contributed by atoms with Gasteiger partial charge in [-0.2, -0.15) is 0 Å². The Bertz CT molecular complexity index is 456. The maximum absolute atomic E-state index is 11.9. The second-order valence-corrected chi connectivity index (χ2v) is 5.86. The van der Waals surface area contributed by atoms with Crippen molar-refractivity contribution in [2.75, 3.05) is 12.9 Å². The lowest BCUT2D eigenvalue weighted by Gasteiger charge is -2.28. The number of benzene rings is 1. The molecule has 110 valence electrons. The lowest BCUT2D eigenvalue weighted by atomic mass is 9.95. The standard InChI is InChI=1S/C16H23NO2S/c1-4-16(2,11-12-18)17-15(19)10-7-13-5-8-14(20-3)9-6-13/h5-10,18H,4,11-12H2,1-3H3,(H,17,19)/b10-7+. The minimum Gasteiger partial charge on any atom is -0.396 e. The Balaban J connectivity index is 2.62. The van der Waals surface area contributed by atoms with Crippen molar-refractivity contribution in [2.24, 2.45) is 0 Å². The minimum absolute atomic E-state index is 0.0739. The van der Waals surface area contributed by atoms with Crippen molar-refractivity contribution in [3.05, 3.63) is 35.9 Å². The van der Waals surface area contributed by atoms with E-state index in [1.165, 1.54) is 4.90 Å². The van der Waals surface area contributed by atoms with Gasteiger partial charge >= 0.3 is 0 Å². The molecule has 0 radical (unpaired) electrons. The number of thioether (sulfide) groups is 1. The van der Waals surface area contributed by atoms with E-state index in [1.54, 1.807) is 23.9 Å². The fourth-order valence-electron chi connectivity index (χ4n) is 1.80. The Kier molecular flexibility index (Phi) is 6.82. The predicted molar refractivity (Wildman–Crippen MR) is 85.8 cm³/mol. The van der Waals surface area contributed by atoms with E-state index in [0.717, 1.165) is 12.0 Å². The molecule has 0 saturated carbocycles. The maximum atomic E-state index is 11.9. The summed E-state index contributed by atoms with van der Waals surface area (Å²) in [6.07, 6.45) is 6.72. The molecule has 0 fully saturated rings. The summed E-state index contributed by atoms with van der Waals surface area (Å²) in [7, 11) is 0. The highest BCUT2D eigenvalue weighted by Crippen LogP contribution is 2.16. The molecular formula is C16H23NO2S.